The number of piperazine rings is 1. The highest BCUT2D eigenvalue weighted by atomic mass is 16.7. The average Bonchev–Trinajstić information content (AvgIpc) is 1.59. The Morgan fingerprint density at radius 1 is 0.679 bits per heavy atom. The number of Topliss-reactive ketones (excluding diaryl/α,β-unsaturated/α-hetero) is 1. The Balaban J connectivity index is 0.569. The molecule has 6 aromatic rings. The molecule has 3 N–H and O–H groups in total. The molecular formula is C98H140N11O22+. The molecule has 718 valence electrons. The summed E-state index contributed by atoms with van der Waals surface area (Å²) in [5, 5.41) is 45.5. The number of hydroxylamine groups is 1. The van der Waals surface area contributed by atoms with E-state index in [4.69, 9.17) is 71.4 Å². The number of anilines is 1. The third kappa shape index (κ3) is 25.7. The van der Waals surface area contributed by atoms with Gasteiger partial charge in [-0.1, -0.05) is 70.2 Å². The number of ketones is 1. The lowest BCUT2D eigenvalue weighted by Gasteiger charge is -2.43. The first-order valence-corrected chi connectivity index (χ1v) is 46.7. The standard InChI is InChI=1S/C98H140N11O22/c1-63-19-15-16-20-80-64(2)51-68(6)90(93(122-14)92(112)69(7)52-66(4)85(119-11)58-86(67(5)53-71-23-30-83(110)87(55-71)120-12)130-96(115)81-21-17-18-33-107(81)95(114)94(113)98(117)70(8)22-27-76(131-98)57-84(63)118-10)109(80)129-62-74-61-106(102-101-74)38-40-124-42-44-126-46-48-128-50-49-127-47-45-125-43-41-123-39-32-89(111)105-36-34-104(35-37-105)79-29-26-75(54-65(79)3)108-91-77-56-72(73-25-31-88(121-13)100-59-73)24-28-78(77)99-60-82(91)103(9)97(108)116/h15-16,19-20,24-26,28-29,31,52,54,56,59-61,64,66-68,70-71,76,81,83-87,92-93,110,112,117H,17-18,21-23,27,30,32-51,53,55,57-58,62H2,1-14H3/q+1/b16-15+,63-19+,69-52+,80-20-/t64-,66+,67+,68+,70+,71-,76-,81-,83+,84-,85+,86?,87+,92+,93-,98+/m0/s1. The van der Waals surface area contributed by atoms with Gasteiger partial charge < -0.3 is 91.6 Å². The van der Waals surface area contributed by atoms with Crippen LogP contribution >= 0.6 is 0 Å². The Morgan fingerprint density at radius 2 is 1.37 bits per heavy atom. The maximum Gasteiger partial charge on any atom is 0.333 e. The maximum atomic E-state index is 14.9. The molecule has 1 saturated carbocycles. The van der Waals surface area contributed by atoms with Gasteiger partial charge in [-0.2, -0.15) is 0 Å². The van der Waals surface area contributed by atoms with Gasteiger partial charge in [0.05, 0.1) is 165 Å². The molecule has 6 aliphatic rings. The van der Waals surface area contributed by atoms with Gasteiger partial charge >= 0.3 is 11.7 Å². The lowest BCUT2D eigenvalue weighted by molar-refractivity contribution is -0.767. The summed E-state index contributed by atoms with van der Waals surface area (Å²) >= 11 is 0. The number of rotatable bonds is 35. The predicted octanol–water partition coefficient (Wildman–Crippen LogP) is 9.98. The highest BCUT2D eigenvalue weighted by Crippen LogP contribution is 2.41. The number of pyridine rings is 2. The molecule has 9 heterocycles. The van der Waals surface area contributed by atoms with Crippen molar-refractivity contribution < 1.29 is 106 Å². The number of nitrogens with zero attached hydrogens (tertiary/aromatic N) is 11. The van der Waals surface area contributed by atoms with Crippen LogP contribution in [-0.4, -0.2) is 301 Å². The second-order valence-electron chi connectivity index (χ2n) is 35.9. The van der Waals surface area contributed by atoms with Crippen molar-refractivity contribution in [3.8, 4) is 22.7 Å². The molecule has 131 heavy (non-hydrogen) atoms. The number of amides is 2. The van der Waals surface area contributed by atoms with Crippen molar-refractivity contribution in [3.05, 3.63) is 136 Å². The number of hydrogen-bond acceptors (Lipinski definition) is 27. The number of benzene rings is 2. The first kappa shape index (κ1) is 101. The Labute approximate surface area is 769 Å². The number of cyclic esters (lactones) is 1. The van der Waals surface area contributed by atoms with E-state index in [9.17, 15) is 39.3 Å². The van der Waals surface area contributed by atoms with Gasteiger partial charge in [0, 0.05) is 144 Å². The number of methoxy groups -OCH3 is 5. The highest BCUT2D eigenvalue weighted by Gasteiger charge is 2.54. The van der Waals surface area contributed by atoms with Gasteiger partial charge in [-0.25, -0.2) is 19.3 Å². The molecule has 2 aromatic carbocycles. The topological polar surface area (TPSA) is 354 Å². The monoisotopic (exact) mass is 1820 g/mol. The molecule has 1 aliphatic carbocycles. The van der Waals surface area contributed by atoms with Crippen molar-refractivity contribution in [1.29, 1.82) is 0 Å². The normalized spacial score (nSPS) is 27.8. The number of hydrogen-bond donors (Lipinski definition) is 3. The molecule has 1 unspecified atom stereocenters. The van der Waals surface area contributed by atoms with Crippen LogP contribution in [0.15, 0.2) is 119 Å². The van der Waals surface area contributed by atoms with Crippen LogP contribution in [-0.2, 0) is 101 Å². The van der Waals surface area contributed by atoms with Gasteiger partial charge in [0.1, 0.15) is 23.9 Å². The fourth-order valence-electron chi connectivity index (χ4n) is 19.2. The third-order valence-corrected chi connectivity index (χ3v) is 26.9. The van der Waals surface area contributed by atoms with Crippen molar-refractivity contribution in [2.24, 2.45) is 42.6 Å². The van der Waals surface area contributed by atoms with Crippen LogP contribution in [0.5, 0.6) is 5.88 Å². The van der Waals surface area contributed by atoms with Crippen LogP contribution in [0.3, 0.4) is 0 Å². The van der Waals surface area contributed by atoms with Gasteiger partial charge in [-0.05, 0) is 155 Å². The summed E-state index contributed by atoms with van der Waals surface area (Å²) in [4.78, 5) is 92.8. The Bertz CT molecular complexity index is 4980. The Kier molecular flexibility index (Phi) is 37.6. The number of aromatic nitrogens is 7. The number of fused-ring (bicyclic) bond motifs is 7. The van der Waals surface area contributed by atoms with Gasteiger partial charge in [0.15, 0.2) is 6.10 Å². The average molecular weight is 1820 g/mol. The van der Waals surface area contributed by atoms with Crippen LogP contribution in [0.1, 0.15) is 143 Å². The van der Waals surface area contributed by atoms with Gasteiger partial charge in [-0.3, -0.25) is 33.3 Å². The molecule has 4 aromatic heterocycles. The van der Waals surface area contributed by atoms with Crippen molar-refractivity contribution in [3.63, 3.8) is 0 Å². The zero-order valence-corrected chi connectivity index (χ0v) is 79.0. The van der Waals surface area contributed by atoms with E-state index in [1.54, 1.807) is 80.5 Å². The van der Waals surface area contributed by atoms with E-state index in [0.717, 1.165) is 67.7 Å². The number of aliphatic hydroxyl groups is 3. The first-order valence-electron chi connectivity index (χ1n) is 46.7. The van der Waals surface area contributed by atoms with Crippen LogP contribution in [0, 0.1) is 42.4 Å². The number of carbonyl (C=O) groups excluding carboxylic acids is 4. The molecule has 4 bridgehead atoms. The molecule has 2 amide bonds. The minimum Gasteiger partial charge on any atom is -0.481 e. The van der Waals surface area contributed by atoms with Gasteiger partial charge in [0.2, 0.25) is 35.6 Å². The van der Waals surface area contributed by atoms with Crippen molar-refractivity contribution in [2.75, 3.05) is 152 Å². The third-order valence-electron chi connectivity index (χ3n) is 26.9. The lowest BCUT2D eigenvalue weighted by atomic mass is 9.78. The van der Waals surface area contributed by atoms with E-state index in [1.807, 2.05) is 99.5 Å². The summed E-state index contributed by atoms with van der Waals surface area (Å²) < 4.78 is 84.1. The number of piperidine rings is 1. The molecule has 33 heteroatoms. The molecule has 33 nitrogen and oxygen atoms in total. The lowest BCUT2D eigenvalue weighted by Crippen LogP contribution is -2.61. The summed E-state index contributed by atoms with van der Waals surface area (Å²) in [6, 6.07) is 14.8. The number of ether oxygens (including phenoxy) is 13. The number of aryl methyl sites for hydroxylation is 2. The number of imidazole rings is 1. The zero-order valence-electron chi connectivity index (χ0n) is 79.0. The summed E-state index contributed by atoms with van der Waals surface area (Å²) in [5.41, 5.74) is 10.3. The van der Waals surface area contributed by atoms with Crippen LogP contribution in [0.25, 0.3) is 38.8 Å². The van der Waals surface area contributed by atoms with E-state index in [0.29, 0.717) is 186 Å². The van der Waals surface area contributed by atoms with Crippen molar-refractivity contribution in [1.82, 2.24) is 43.9 Å². The van der Waals surface area contributed by atoms with Gasteiger partial charge in [0.25, 0.3) is 11.7 Å². The molecule has 3 saturated heterocycles. The largest absolute Gasteiger partial charge is 0.481 e. The zero-order chi connectivity index (χ0) is 93.4. The summed E-state index contributed by atoms with van der Waals surface area (Å²) in [6.45, 7) is 23.4. The smallest absolute Gasteiger partial charge is 0.333 e. The van der Waals surface area contributed by atoms with Crippen LogP contribution in [0.4, 0.5) is 5.69 Å². The molecular weight excluding hydrogens is 1680 g/mol. The maximum absolute atomic E-state index is 14.9. The quantitative estimate of drug-likeness (QED) is 0.0109. The minimum absolute atomic E-state index is 0.0125. The molecule has 0 radical (unpaired) electrons. The van der Waals surface area contributed by atoms with E-state index < -0.39 is 78.1 Å². The van der Waals surface area contributed by atoms with E-state index >= 15 is 0 Å². The fourth-order valence-corrected chi connectivity index (χ4v) is 19.2. The van der Waals surface area contributed by atoms with Crippen LogP contribution < -0.4 is 15.3 Å². The second kappa shape index (κ2) is 48.8. The molecule has 4 fully saturated rings. The first-order chi connectivity index (χ1) is 63.2. The Morgan fingerprint density at radius 3 is 2.03 bits per heavy atom. The van der Waals surface area contributed by atoms with E-state index in [-0.39, 0.29) is 86.1 Å². The highest BCUT2D eigenvalue weighted by molar-refractivity contribution is 6.39. The van der Waals surface area contributed by atoms with Crippen molar-refractivity contribution >= 4 is 56.9 Å². The van der Waals surface area contributed by atoms with E-state index in [2.05, 4.69) is 59.2 Å². The minimum atomic E-state index is -2.46. The van der Waals surface area contributed by atoms with Gasteiger partial charge in [-0.15, -0.1) is 5.10 Å². The van der Waals surface area contributed by atoms with E-state index in [1.165, 1.54) is 4.90 Å². The molecule has 16 atom stereocenters. The van der Waals surface area contributed by atoms with Crippen LogP contribution in [0.2, 0.25) is 0 Å². The predicted molar refractivity (Wildman–Crippen MR) is 492 cm³/mol. The summed E-state index contributed by atoms with van der Waals surface area (Å²) in [6.07, 6.45) is 16.0. The van der Waals surface area contributed by atoms with Crippen molar-refractivity contribution in [2.45, 2.75) is 213 Å². The number of allylic oxidation sites excluding steroid dienone is 5. The molecule has 12 rings (SSSR count). The fraction of sp³-hybridized carbons (Fsp3) is 0.633. The number of carbonyl (C=O) groups is 4. The second-order valence-corrected chi connectivity index (χ2v) is 35.9. The number of aliphatic hydroxyl groups excluding tert-OH is 2. The Hall–Kier alpha value is -9.04. The number of esters is 1. The summed E-state index contributed by atoms with van der Waals surface area (Å²) in [7, 11) is 9.74. The molecule has 5 aliphatic heterocycles. The SMILES string of the molecule is COc1ccc(-c2ccc3ncc4c(c3c2)n(-c2ccc(N3CCN(C(=O)CCOCCOCCOCCOCCOCCOCCn5cc(CO[N+]6=C7[C@H](C)C[C@H](C)/C6=C/C=C/C=C(\C)[C@@H](OC)C[C@@H]6CC[C@@H](C)[C@@](O)(O6)C(=O)C(=O)N6CCCC[C@H]6C(=O)OC([C@H](C)C[C@@H]6CC[C@@H](O)[C@H](OC)C6)C[C@@H](OC)[C@H](C)/C=C(\C)[C@@H](O)[C@H]7OC)nn5)CC3)c(C)c2)c(=O)n4C)cn1. The summed E-state index contributed by atoms with van der Waals surface area (Å²) in [5.74, 6) is -5.99. The molecule has 0 spiro atoms.